The summed E-state index contributed by atoms with van der Waals surface area (Å²) in [5, 5.41) is 11.8. The second-order valence-electron chi connectivity index (χ2n) is 2.03. The number of rotatable bonds is 3. The van der Waals surface area contributed by atoms with Crippen molar-refractivity contribution in [3.63, 3.8) is 0 Å². The number of hydrogen-bond donors (Lipinski definition) is 1. The number of alkyl halides is 1. The number of hydrogen-bond acceptors (Lipinski definition) is 2. The van der Waals surface area contributed by atoms with Gasteiger partial charge in [-0.2, -0.15) is 5.10 Å². The minimum Gasteiger partial charge on any atom is -0.479 e. The van der Waals surface area contributed by atoms with E-state index in [0.29, 0.717) is 0 Å². The molecule has 0 radical (unpaired) electrons. The van der Waals surface area contributed by atoms with Gasteiger partial charge in [-0.1, -0.05) is 0 Å². The Balaban J connectivity index is 2.50. The molecule has 0 bridgehead atoms. The lowest BCUT2D eigenvalue weighted by molar-refractivity contribution is -0.143. The molecule has 0 aromatic carbocycles. The Morgan fingerprint density at radius 2 is 2.55 bits per heavy atom. The van der Waals surface area contributed by atoms with Gasteiger partial charge in [-0.15, -0.1) is 0 Å². The molecule has 1 rings (SSSR count). The smallest absolute Gasteiger partial charge is 0.340 e. The maximum Gasteiger partial charge on any atom is 0.340 e. The van der Waals surface area contributed by atoms with E-state index >= 15 is 0 Å². The third kappa shape index (κ3) is 2.03. The monoisotopic (exact) mass is 158 g/mol. The molecule has 0 amide bonds. The summed E-state index contributed by atoms with van der Waals surface area (Å²) in [6.07, 6.45) is 1.10. The summed E-state index contributed by atoms with van der Waals surface area (Å²) >= 11 is 0. The Morgan fingerprint density at radius 1 is 1.82 bits per heavy atom. The topological polar surface area (TPSA) is 55.1 Å². The fourth-order valence-electron chi connectivity index (χ4n) is 0.651. The van der Waals surface area contributed by atoms with E-state index in [2.05, 4.69) is 5.10 Å². The van der Waals surface area contributed by atoms with Gasteiger partial charge < -0.3 is 5.11 Å². The molecule has 11 heavy (non-hydrogen) atoms. The molecule has 1 atom stereocenters. The van der Waals surface area contributed by atoms with Crippen LogP contribution in [-0.4, -0.2) is 27.0 Å². The summed E-state index contributed by atoms with van der Waals surface area (Å²) in [5.74, 6) is -1.46. The summed E-state index contributed by atoms with van der Waals surface area (Å²) in [6.45, 7) is -0.234. The maximum atomic E-state index is 12.4. The highest BCUT2D eigenvalue weighted by Crippen LogP contribution is 1.95. The molecule has 1 aromatic rings. The highest BCUT2D eigenvalue weighted by Gasteiger charge is 2.15. The summed E-state index contributed by atoms with van der Waals surface area (Å²) in [5.41, 5.74) is 0. The zero-order valence-corrected chi connectivity index (χ0v) is 5.64. The van der Waals surface area contributed by atoms with E-state index in [4.69, 9.17) is 5.11 Å². The van der Waals surface area contributed by atoms with Crippen LogP contribution in [0.15, 0.2) is 18.5 Å². The van der Waals surface area contributed by atoms with E-state index in [1.807, 2.05) is 0 Å². The summed E-state index contributed by atoms with van der Waals surface area (Å²) < 4.78 is 13.7. The standard InChI is InChI=1S/C6H7FN2O2/c7-5(6(10)11)4-9-3-1-2-8-9/h1-3,5H,4H2,(H,10,11). The minimum atomic E-state index is -1.88. The first-order chi connectivity index (χ1) is 5.20. The molecule has 4 nitrogen and oxygen atoms in total. The molecule has 1 heterocycles. The van der Waals surface area contributed by atoms with Crippen molar-refractivity contribution in [2.24, 2.45) is 0 Å². The van der Waals surface area contributed by atoms with Gasteiger partial charge in [-0.3, -0.25) is 4.68 Å². The van der Waals surface area contributed by atoms with Crippen LogP contribution in [0.1, 0.15) is 0 Å². The Morgan fingerprint density at radius 3 is 3.00 bits per heavy atom. The Hall–Kier alpha value is -1.39. The number of carbonyl (C=O) groups is 1. The van der Waals surface area contributed by atoms with Gasteiger partial charge in [0, 0.05) is 12.4 Å². The first kappa shape index (κ1) is 7.71. The highest BCUT2D eigenvalue weighted by molar-refractivity contribution is 5.71. The third-order valence-electron chi connectivity index (χ3n) is 1.17. The van der Waals surface area contributed by atoms with Gasteiger partial charge in [0.05, 0.1) is 6.54 Å². The van der Waals surface area contributed by atoms with E-state index in [-0.39, 0.29) is 6.54 Å². The molecular formula is C6H7FN2O2. The van der Waals surface area contributed by atoms with Gasteiger partial charge in [0.2, 0.25) is 6.17 Å². The predicted molar refractivity (Wildman–Crippen MR) is 34.8 cm³/mol. The lowest BCUT2D eigenvalue weighted by Crippen LogP contribution is -2.21. The molecule has 0 saturated carbocycles. The first-order valence-corrected chi connectivity index (χ1v) is 3.04. The van der Waals surface area contributed by atoms with Crippen molar-refractivity contribution in [2.45, 2.75) is 12.7 Å². The zero-order chi connectivity index (χ0) is 8.27. The van der Waals surface area contributed by atoms with Crippen LogP contribution in [0.5, 0.6) is 0 Å². The van der Waals surface area contributed by atoms with Crippen molar-refractivity contribution in [3.8, 4) is 0 Å². The van der Waals surface area contributed by atoms with E-state index in [9.17, 15) is 9.18 Å². The number of nitrogens with zero attached hydrogens (tertiary/aromatic N) is 2. The van der Waals surface area contributed by atoms with Gasteiger partial charge >= 0.3 is 5.97 Å². The Kier molecular flexibility index (Phi) is 2.20. The van der Waals surface area contributed by atoms with Crippen molar-refractivity contribution < 1.29 is 14.3 Å². The number of carboxylic acid groups (broad SMARTS) is 1. The molecule has 1 unspecified atom stereocenters. The van der Waals surface area contributed by atoms with Crippen molar-refractivity contribution in [2.75, 3.05) is 0 Å². The second-order valence-corrected chi connectivity index (χ2v) is 2.03. The van der Waals surface area contributed by atoms with Crippen LogP contribution in [0.25, 0.3) is 0 Å². The van der Waals surface area contributed by atoms with Crippen molar-refractivity contribution in [3.05, 3.63) is 18.5 Å². The molecule has 5 heteroatoms. The normalized spacial score (nSPS) is 12.8. The molecule has 0 fully saturated rings. The summed E-state index contributed by atoms with van der Waals surface area (Å²) in [7, 11) is 0. The Bertz CT molecular complexity index is 235. The van der Waals surface area contributed by atoms with E-state index in [1.54, 1.807) is 6.07 Å². The molecule has 0 aliphatic rings. The molecular weight excluding hydrogens is 151 g/mol. The minimum absolute atomic E-state index is 0.234. The zero-order valence-electron chi connectivity index (χ0n) is 5.64. The first-order valence-electron chi connectivity index (χ1n) is 3.04. The van der Waals surface area contributed by atoms with E-state index in [1.165, 1.54) is 17.1 Å². The fraction of sp³-hybridized carbons (Fsp3) is 0.333. The molecule has 0 saturated heterocycles. The second kappa shape index (κ2) is 3.14. The predicted octanol–water partition coefficient (Wildman–Crippen LogP) is 0.306. The quantitative estimate of drug-likeness (QED) is 0.688. The number of halogens is 1. The Labute approximate surface area is 62.3 Å². The largest absolute Gasteiger partial charge is 0.479 e. The van der Waals surface area contributed by atoms with Crippen LogP contribution < -0.4 is 0 Å². The van der Waals surface area contributed by atoms with Gasteiger partial charge in [0.25, 0.3) is 0 Å². The fourth-order valence-corrected chi connectivity index (χ4v) is 0.651. The highest BCUT2D eigenvalue weighted by atomic mass is 19.1. The third-order valence-corrected chi connectivity index (χ3v) is 1.17. The molecule has 1 N–H and O–H groups in total. The number of carboxylic acids is 1. The van der Waals surface area contributed by atoms with Gasteiger partial charge in [0.15, 0.2) is 0 Å². The van der Waals surface area contributed by atoms with Crippen LogP contribution >= 0.6 is 0 Å². The van der Waals surface area contributed by atoms with Gasteiger partial charge in [-0.25, -0.2) is 9.18 Å². The molecule has 60 valence electrons. The molecule has 0 aliphatic heterocycles. The van der Waals surface area contributed by atoms with Crippen molar-refractivity contribution in [1.29, 1.82) is 0 Å². The average molecular weight is 158 g/mol. The number of aromatic nitrogens is 2. The van der Waals surface area contributed by atoms with Crippen LogP contribution in [0.4, 0.5) is 4.39 Å². The van der Waals surface area contributed by atoms with E-state index in [0.717, 1.165) is 0 Å². The van der Waals surface area contributed by atoms with Gasteiger partial charge in [0.1, 0.15) is 0 Å². The summed E-state index contributed by atoms with van der Waals surface area (Å²) in [6, 6.07) is 1.61. The lowest BCUT2D eigenvalue weighted by atomic mass is 10.4. The SMILES string of the molecule is O=C(O)C(F)Cn1cccn1. The average Bonchev–Trinajstić information content (AvgIpc) is 2.39. The molecule has 0 aliphatic carbocycles. The maximum absolute atomic E-state index is 12.4. The molecule has 0 spiro atoms. The van der Waals surface area contributed by atoms with Gasteiger partial charge in [-0.05, 0) is 6.07 Å². The van der Waals surface area contributed by atoms with Crippen molar-refractivity contribution in [1.82, 2.24) is 9.78 Å². The van der Waals surface area contributed by atoms with Crippen molar-refractivity contribution >= 4 is 5.97 Å². The molecule has 1 aromatic heterocycles. The van der Waals surface area contributed by atoms with Crippen LogP contribution in [0, 0.1) is 0 Å². The lowest BCUT2D eigenvalue weighted by Gasteiger charge is -2.01. The van der Waals surface area contributed by atoms with E-state index < -0.39 is 12.1 Å². The van der Waals surface area contributed by atoms with Crippen LogP contribution in [-0.2, 0) is 11.3 Å². The summed E-state index contributed by atoms with van der Waals surface area (Å²) in [4.78, 5) is 10.0. The van der Waals surface area contributed by atoms with Crippen LogP contribution in [0.3, 0.4) is 0 Å². The number of aliphatic carboxylic acids is 1. The van der Waals surface area contributed by atoms with Crippen LogP contribution in [0.2, 0.25) is 0 Å².